The van der Waals surface area contributed by atoms with Gasteiger partial charge in [-0.3, -0.25) is 4.79 Å². The van der Waals surface area contributed by atoms with Gasteiger partial charge in [0.1, 0.15) is 6.10 Å². The van der Waals surface area contributed by atoms with Crippen LogP contribution >= 0.6 is 11.3 Å². The first-order valence-electron chi connectivity index (χ1n) is 5.48. The van der Waals surface area contributed by atoms with Gasteiger partial charge in [0.2, 0.25) is 5.76 Å². The largest absolute Gasteiger partial charge is 0.374 e. The average molecular weight is 266 g/mol. The predicted molar refractivity (Wildman–Crippen MR) is 67.6 cm³/mol. The number of ether oxygens (including phenoxy) is 1. The number of carbonyl (C=O) groups excluding carboxylic acids is 1. The third-order valence-corrected chi connectivity index (χ3v) is 3.57. The zero-order valence-corrected chi connectivity index (χ0v) is 11.0. The van der Waals surface area contributed by atoms with E-state index in [1.807, 2.05) is 19.1 Å². The van der Waals surface area contributed by atoms with Crippen LogP contribution in [0.4, 0.5) is 0 Å². The third-order valence-electron chi connectivity index (χ3n) is 2.47. The molecule has 0 bridgehead atoms. The Bertz CT molecular complexity index is 507. The molecule has 2 rings (SSSR count). The van der Waals surface area contributed by atoms with Gasteiger partial charge >= 0.3 is 0 Å². The zero-order valence-electron chi connectivity index (χ0n) is 10.2. The van der Waals surface area contributed by atoms with Crippen LogP contribution in [-0.4, -0.2) is 24.7 Å². The van der Waals surface area contributed by atoms with Crippen LogP contribution in [0.2, 0.25) is 0 Å². The molecule has 2 aromatic heterocycles. The molecule has 0 aromatic carbocycles. The first kappa shape index (κ1) is 12.8. The summed E-state index contributed by atoms with van der Waals surface area (Å²) in [4.78, 5) is 14.0. The molecule has 0 radical (unpaired) electrons. The highest BCUT2D eigenvalue weighted by Crippen LogP contribution is 2.24. The molecule has 1 N–H and O–H groups in total. The van der Waals surface area contributed by atoms with Crippen LogP contribution in [0.15, 0.2) is 28.9 Å². The summed E-state index contributed by atoms with van der Waals surface area (Å²) in [5.74, 6) is -0.0879. The summed E-state index contributed by atoms with van der Waals surface area (Å²) in [6.07, 6.45) is 1.29. The van der Waals surface area contributed by atoms with Gasteiger partial charge in [0.05, 0.1) is 6.20 Å². The molecular weight excluding hydrogens is 252 g/mol. The monoisotopic (exact) mass is 266 g/mol. The lowest BCUT2D eigenvalue weighted by molar-refractivity contribution is 0.0809. The van der Waals surface area contributed by atoms with E-state index in [9.17, 15) is 4.79 Å². The second-order valence-electron chi connectivity index (χ2n) is 3.76. The zero-order chi connectivity index (χ0) is 13.0. The summed E-state index contributed by atoms with van der Waals surface area (Å²) in [7, 11) is 1.63. The van der Waals surface area contributed by atoms with E-state index in [0.29, 0.717) is 6.54 Å². The number of nitrogens with zero attached hydrogens (tertiary/aromatic N) is 1. The molecule has 1 atom stereocenters. The SMILES string of the molecule is CO[C@@H](CNC(=O)c1ccno1)c1ccc(C)s1. The summed E-state index contributed by atoms with van der Waals surface area (Å²) in [6.45, 7) is 2.43. The molecule has 2 heterocycles. The highest BCUT2D eigenvalue weighted by Gasteiger charge is 2.16. The van der Waals surface area contributed by atoms with Crippen LogP contribution in [0.3, 0.4) is 0 Å². The number of thiophene rings is 1. The maximum atomic E-state index is 11.7. The van der Waals surface area contributed by atoms with Gasteiger partial charge in [0.15, 0.2) is 0 Å². The van der Waals surface area contributed by atoms with E-state index >= 15 is 0 Å². The summed E-state index contributed by atoms with van der Waals surface area (Å²) in [5.41, 5.74) is 0. The summed E-state index contributed by atoms with van der Waals surface area (Å²) >= 11 is 1.66. The van der Waals surface area contributed by atoms with Crippen molar-refractivity contribution in [1.82, 2.24) is 10.5 Å². The van der Waals surface area contributed by atoms with Crippen molar-refractivity contribution in [2.24, 2.45) is 0 Å². The van der Waals surface area contributed by atoms with E-state index in [-0.39, 0.29) is 17.8 Å². The minimum atomic E-state index is -0.289. The Morgan fingerprint density at radius 2 is 2.39 bits per heavy atom. The van der Waals surface area contributed by atoms with E-state index in [4.69, 9.17) is 9.26 Å². The molecule has 0 aliphatic heterocycles. The Labute approximate surface area is 109 Å². The summed E-state index contributed by atoms with van der Waals surface area (Å²) in [5, 5.41) is 6.24. The smallest absolute Gasteiger partial charge is 0.289 e. The Morgan fingerprint density at radius 3 is 2.94 bits per heavy atom. The normalized spacial score (nSPS) is 12.3. The van der Waals surface area contributed by atoms with Gasteiger partial charge < -0.3 is 14.6 Å². The van der Waals surface area contributed by atoms with Gasteiger partial charge in [-0.2, -0.15) is 0 Å². The minimum Gasteiger partial charge on any atom is -0.374 e. The van der Waals surface area contributed by atoms with Gasteiger partial charge in [-0.15, -0.1) is 11.3 Å². The lowest BCUT2D eigenvalue weighted by atomic mass is 10.3. The van der Waals surface area contributed by atoms with Crippen molar-refractivity contribution >= 4 is 17.2 Å². The Hall–Kier alpha value is -1.66. The number of nitrogens with one attached hydrogen (secondary N) is 1. The van der Waals surface area contributed by atoms with Gasteiger partial charge in [0, 0.05) is 29.5 Å². The van der Waals surface area contributed by atoms with Crippen molar-refractivity contribution < 1.29 is 14.1 Å². The van der Waals surface area contributed by atoms with Crippen LogP contribution in [0, 0.1) is 6.92 Å². The third kappa shape index (κ3) is 2.96. The number of hydrogen-bond acceptors (Lipinski definition) is 5. The molecule has 0 saturated heterocycles. The summed E-state index contributed by atoms with van der Waals surface area (Å²) < 4.78 is 10.1. The van der Waals surface area contributed by atoms with E-state index in [1.165, 1.54) is 17.1 Å². The molecule has 6 heteroatoms. The predicted octanol–water partition coefficient (Wildman–Crippen LogP) is 2.16. The molecule has 96 valence electrons. The van der Waals surface area contributed by atoms with Crippen molar-refractivity contribution in [3.8, 4) is 0 Å². The number of aromatic nitrogens is 1. The first-order chi connectivity index (χ1) is 8.70. The van der Waals surface area contributed by atoms with Crippen LogP contribution in [0.1, 0.15) is 26.4 Å². The maximum absolute atomic E-state index is 11.7. The number of aryl methyl sites for hydroxylation is 1. The summed E-state index contributed by atoms with van der Waals surface area (Å²) in [6, 6.07) is 5.56. The fourth-order valence-electron chi connectivity index (χ4n) is 1.53. The van der Waals surface area contributed by atoms with Crippen molar-refractivity contribution in [3.05, 3.63) is 39.9 Å². The molecule has 0 aliphatic carbocycles. The molecule has 0 spiro atoms. The van der Waals surface area contributed by atoms with Crippen molar-refractivity contribution in [1.29, 1.82) is 0 Å². The van der Waals surface area contributed by atoms with Crippen molar-refractivity contribution in [2.45, 2.75) is 13.0 Å². The number of hydrogen-bond donors (Lipinski definition) is 1. The van der Waals surface area contributed by atoms with E-state index < -0.39 is 0 Å². The Balaban J connectivity index is 1.94. The number of methoxy groups -OCH3 is 1. The highest BCUT2D eigenvalue weighted by molar-refractivity contribution is 7.12. The maximum Gasteiger partial charge on any atom is 0.289 e. The van der Waals surface area contributed by atoms with Gasteiger partial charge in [0.25, 0.3) is 5.91 Å². The van der Waals surface area contributed by atoms with E-state index in [2.05, 4.69) is 10.5 Å². The van der Waals surface area contributed by atoms with E-state index in [1.54, 1.807) is 18.4 Å². The molecule has 0 aliphatic rings. The molecule has 1 amide bonds. The fraction of sp³-hybridized carbons (Fsp3) is 0.333. The fourth-order valence-corrected chi connectivity index (χ4v) is 2.49. The standard InChI is InChI=1S/C12H14N2O3S/c1-8-3-4-11(18-8)10(16-2)7-13-12(15)9-5-6-14-17-9/h3-6,10H,7H2,1-2H3,(H,13,15)/t10-/m0/s1. The van der Waals surface area contributed by atoms with E-state index in [0.717, 1.165) is 4.88 Å². The first-order valence-corrected chi connectivity index (χ1v) is 6.30. The Morgan fingerprint density at radius 1 is 1.56 bits per heavy atom. The van der Waals surface area contributed by atoms with Gasteiger partial charge in [-0.1, -0.05) is 5.16 Å². The molecule has 2 aromatic rings. The second kappa shape index (κ2) is 5.79. The van der Waals surface area contributed by atoms with Crippen LogP contribution in [0.25, 0.3) is 0 Å². The van der Waals surface area contributed by atoms with Crippen LogP contribution in [0.5, 0.6) is 0 Å². The number of rotatable bonds is 5. The number of carbonyl (C=O) groups is 1. The molecule has 18 heavy (non-hydrogen) atoms. The second-order valence-corrected chi connectivity index (χ2v) is 5.08. The topological polar surface area (TPSA) is 64.4 Å². The number of amides is 1. The molecule has 5 nitrogen and oxygen atoms in total. The lowest BCUT2D eigenvalue weighted by Crippen LogP contribution is -2.28. The van der Waals surface area contributed by atoms with Crippen LogP contribution in [-0.2, 0) is 4.74 Å². The molecule has 0 fully saturated rings. The Kier molecular flexibility index (Phi) is 4.11. The highest BCUT2D eigenvalue weighted by atomic mass is 32.1. The van der Waals surface area contributed by atoms with Crippen molar-refractivity contribution in [3.63, 3.8) is 0 Å². The van der Waals surface area contributed by atoms with Crippen molar-refractivity contribution in [2.75, 3.05) is 13.7 Å². The molecule has 0 saturated carbocycles. The lowest BCUT2D eigenvalue weighted by Gasteiger charge is -2.13. The average Bonchev–Trinajstić information content (AvgIpc) is 3.01. The van der Waals surface area contributed by atoms with Gasteiger partial charge in [-0.05, 0) is 19.1 Å². The minimum absolute atomic E-state index is 0.143. The molecular formula is C12H14N2O3S. The quantitative estimate of drug-likeness (QED) is 0.900. The molecule has 0 unspecified atom stereocenters. The van der Waals surface area contributed by atoms with Crippen LogP contribution < -0.4 is 5.32 Å². The van der Waals surface area contributed by atoms with Gasteiger partial charge in [-0.25, -0.2) is 0 Å².